The zero-order chi connectivity index (χ0) is 12.7. The zero-order valence-corrected chi connectivity index (χ0v) is 11.3. The van der Waals surface area contributed by atoms with E-state index in [9.17, 15) is 0 Å². The summed E-state index contributed by atoms with van der Waals surface area (Å²) in [4.78, 5) is 2.40. The molecular formula is C14H20N4. The first-order valence-electron chi connectivity index (χ1n) is 6.65. The van der Waals surface area contributed by atoms with Gasteiger partial charge in [0, 0.05) is 12.2 Å². The normalized spacial score (nSPS) is 18.6. The summed E-state index contributed by atoms with van der Waals surface area (Å²) in [5, 5.41) is 8.50. The minimum atomic E-state index is 0.612. The average molecular weight is 244 g/mol. The van der Waals surface area contributed by atoms with E-state index in [1.807, 2.05) is 6.92 Å². The van der Waals surface area contributed by atoms with Crippen LogP contribution in [-0.2, 0) is 0 Å². The third kappa shape index (κ3) is 1.90. The number of rotatable bonds is 1. The van der Waals surface area contributed by atoms with E-state index in [0.29, 0.717) is 6.04 Å². The summed E-state index contributed by atoms with van der Waals surface area (Å²) >= 11 is 0. The predicted octanol–water partition coefficient (Wildman–Crippen LogP) is 2.31. The van der Waals surface area contributed by atoms with Gasteiger partial charge in [-0.1, -0.05) is 0 Å². The number of nitrogens with zero attached hydrogens (tertiary/aromatic N) is 4. The Balaban J connectivity index is 2.03. The van der Waals surface area contributed by atoms with Gasteiger partial charge >= 0.3 is 0 Å². The number of piperidine rings is 1. The van der Waals surface area contributed by atoms with Crippen molar-refractivity contribution in [2.24, 2.45) is 0 Å². The van der Waals surface area contributed by atoms with E-state index >= 15 is 0 Å². The lowest BCUT2D eigenvalue weighted by Crippen LogP contribution is -2.31. The first kappa shape index (κ1) is 11.7. The molecule has 0 N–H and O–H groups in total. The zero-order valence-electron chi connectivity index (χ0n) is 11.3. The number of aromatic nitrogens is 3. The van der Waals surface area contributed by atoms with Gasteiger partial charge in [0.05, 0.1) is 11.2 Å². The van der Waals surface area contributed by atoms with Crippen LogP contribution >= 0.6 is 0 Å². The second-order valence-electron chi connectivity index (χ2n) is 5.47. The van der Waals surface area contributed by atoms with Crippen LogP contribution in [0.5, 0.6) is 0 Å². The summed E-state index contributed by atoms with van der Waals surface area (Å²) in [5.74, 6) is 0. The smallest absolute Gasteiger partial charge is 0.114 e. The maximum absolute atomic E-state index is 4.33. The van der Waals surface area contributed by atoms with Gasteiger partial charge in [-0.15, -0.1) is 5.10 Å². The molecule has 3 heterocycles. The number of hydrogen-bond donors (Lipinski definition) is 0. The van der Waals surface area contributed by atoms with E-state index < -0.39 is 0 Å². The minimum absolute atomic E-state index is 0.612. The van der Waals surface area contributed by atoms with Crippen molar-refractivity contribution in [3.05, 3.63) is 23.5 Å². The van der Waals surface area contributed by atoms with Crippen LogP contribution in [0, 0.1) is 13.8 Å². The van der Waals surface area contributed by atoms with Gasteiger partial charge < -0.3 is 9.47 Å². The summed E-state index contributed by atoms with van der Waals surface area (Å²) in [6, 6.07) is 2.77. The highest BCUT2D eigenvalue weighted by atomic mass is 15.1. The molecule has 0 aliphatic carbocycles. The number of likely N-dealkylation sites (tertiary alicyclic amines) is 1. The molecule has 1 saturated heterocycles. The highest BCUT2D eigenvalue weighted by Crippen LogP contribution is 2.28. The third-order valence-corrected chi connectivity index (χ3v) is 3.96. The Labute approximate surface area is 108 Å². The summed E-state index contributed by atoms with van der Waals surface area (Å²) in [6.45, 7) is 6.49. The lowest BCUT2D eigenvalue weighted by atomic mass is 10.1. The van der Waals surface area contributed by atoms with Crippen molar-refractivity contribution in [3.63, 3.8) is 0 Å². The Bertz CT molecular complexity index is 564. The molecule has 2 aromatic heterocycles. The van der Waals surface area contributed by atoms with Gasteiger partial charge in [0.15, 0.2) is 0 Å². The Morgan fingerprint density at radius 3 is 2.61 bits per heavy atom. The van der Waals surface area contributed by atoms with Crippen LogP contribution in [0.4, 0.5) is 0 Å². The predicted molar refractivity (Wildman–Crippen MR) is 72.8 cm³/mol. The van der Waals surface area contributed by atoms with Crippen LogP contribution in [0.1, 0.15) is 30.1 Å². The highest BCUT2D eigenvalue weighted by molar-refractivity contribution is 5.79. The molecule has 0 radical (unpaired) electrons. The lowest BCUT2D eigenvalue weighted by Gasteiger charge is -2.30. The molecule has 0 amide bonds. The summed E-state index contributed by atoms with van der Waals surface area (Å²) in [6.07, 6.45) is 4.69. The standard InChI is InChI=1S/C14H20N4/c1-10-9-18(12-4-6-17(3)7-5-12)13-8-11(2)15-16-14(10)13/h8-9,12H,4-7H2,1-3H3. The fourth-order valence-electron chi connectivity index (χ4n) is 2.87. The van der Waals surface area contributed by atoms with Gasteiger partial charge in [0.2, 0.25) is 0 Å². The molecule has 0 unspecified atom stereocenters. The Kier molecular flexibility index (Phi) is 2.82. The van der Waals surface area contributed by atoms with Crippen LogP contribution in [0.25, 0.3) is 11.0 Å². The van der Waals surface area contributed by atoms with Crippen LogP contribution in [-0.4, -0.2) is 39.8 Å². The SMILES string of the molecule is Cc1cc2c(nn1)c(C)cn2C1CCN(C)CC1. The van der Waals surface area contributed by atoms with Crippen molar-refractivity contribution in [2.75, 3.05) is 20.1 Å². The second-order valence-corrected chi connectivity index (χ2v) is 5.47. The fourth-order valence-corrected chi connectivity index (χ4v) is 2.87. The van der Waals surface area contributed by atoms with Crippen LogP contribution in [0.2, 0.25) is 0 Å². The van der Waals surface area contributed by atoms with E-state index in [2.05, 4.69) is 45.9 Å². The van der Waals surface area contributed by atoms with Gasteiger partial charge in [0.1, 0.15) is 5.52 Å². The minimum Gasteiger partial charge on any atom is -0.343 e. The summed E-state index contributed by atoms with van der Waals surface area (Å²) < 4.78 is 2.42. The van der Waals surface area contributed by atoms with Crippen molar-refractivity contribution in [1.82, 2.24) is 19.7 Å². The molecule has 4 nitrogen and oxygen atoms in total. The van der Waals surface area contributed by atoms with Gasteiger partial charge in [-0.3, -0.25) is 0 Å². The monoisotopic (exact) mass is 244 g/mol. The van der Waals surface area contributed by atoms with Crippen LogP contribution in [0.15, 0.2) is 12.3 Å². The van der Waals surface area contributed by atoms with E-state index in [1.165, 1.54) is 37.0 Å². The highest BCUT2D eigenvalue weighted by Gasteiger charge is 2.20. The van der Waals surface area contributed by atoms with Gasteiger partial charge in [-0.2, -0.15) is 5.10 Å². The molecule has 3 rings (SSSR count). The molecule has 96 valence electrons. The van der Waals surface area contributed by atoms with E-state index in [1.54, 1.807) is 0 Å². The molecule has 18 heavy (non-hydrogen) atoms. The average Bonchev–Trinajstić information content (AvgIpc) is 2.67. The van der Waals surface area contributed by atoms with Gasteiger partial charge in [-0.25, -0.2) is 0 Å². The molecule has 1 aliphatic heterocycles. The number of fused-ring (bicyclic) bond motifs is 1. The fraction of sp³-hybridized carbons (Fsp3) is 0.571. The molecule has 0 atom stereocenters. The topological polar surface area (TPSA) is 34.0 Å². The second kappa shape index (κ2) is 4.35. The maximum atomic E-state index is 4.33. The third-order valence-electron chi connectivity index (χ3n) is 3.96. The Hall–Kier alpha value is -1.42. The van der Waals surface area contributed by atoms with Gasteiger partial charge in [0.25, 0.3) is 0 Å². The first-order valence-corrected chi connectivity index (χ1v) is 6.65. The molecule has 1 aliphatic rings. The largest absolute Gasteiger partial charge is 0.343 e. The van der Waals surface area contributed by atoms with E-state index in [-0.39, 0.29) is 0 Å². The number of aryl methyl sites for hydroxylation is 2. The van der Waals surface area contributed by atoms with Crippen molar-refractivity contribution >= 4 is 11.0 Å². The molecule has 0 bridgehead atoms. The molecule has 4 heteroatoms. The van der Waals surface area contributed by atoms with Crippen molar-refractivity contribution in [2.45, 2.75) is 32.7 Å². The van der Waals surface area contributed by atoms with Crippen molar-refractivity contribution < 1.29 is 0 Å². The maximum Gasteiger partial charge on any atom is 0.114 e. The molecule has 0 spiro atoms. The Morgan fingerprint density at radius 1 is 1.17 bits per heavy atom. The van der Waals surface area contributed by atoms with E-state index in [0.717, 1.165) is 11.2 Å². The van der Waals surface area contributed by atoms with Gasteiger partial charge in [-0.05, 0) is 58.5 Å². The molecule has 0 saturated carbocycles. The van der Waals surface area contributed by atoms with Crippen molar-refractivity contribution in [3.8, 4) is 0 Å². The lowest BCUT2D eigenvalue weighted by molar-refractivity contribution is 0.224. The first-order chi connectivity index (χ1) is 8.65. The number of hydrogen-bond acceptors (Lipinski definition) is 3. The molecule has 1 fully saturated rings. The summed E-state index contributed by atoms with van der Waals surface area (Å²) in [7, 11) is 2.20. The van der Waals surface area contributed by atoms with E-state index in [4.69, 9.17) is 0 Å². The van der Waals surface area contributed by atoms with Crippen LogP contribution < -0.4 is 0 Å². The quantitative estimate of drug-likeness (QED) is 0.772. The molecule has 0 aromatic carbocycles. The van der Waals surface area contributed by atoms with Crippen LogP contribution in [0.3, 0.4) is 0 Å². The molecule has 2 aromatic rings. The molecular weight excluding hydrogens is 224 g/mol. The van der Waals surface area contributed by atoms with Crippen molar-refractivity contribution in [1.29, 1.82) is 0 Å². The Morgan fingerprint density at radius 2 is 1.89 bits per heavy atom. The summed E-state index contributed by atoms with van der Waals surface area (Å²) in [5.41, 5.74) is 4.53.